The molecule has 2 atom stereocenters. The highest BCUT2D eigenvalue weighted by Gasteiger charge is 2.29. The van der Waals surface area contributed by atoms with Crippen molar-refractivity contribution in [2.45, 2.75) is 25.4 Å². The van der Waals surface area contributed by atoms with Gasteiger partial charge in [-0.3, -0.25) is 4.79 Å². The van der Waals surface area contributed by atoms with Crippen LogP contribution < -0.4 is 10.6 Å². The molecule has 1 fully saturated rings. The smallest absolute Gasteiger partial charge is 0.328 e. The Kier molecular flexibility index (Phi) is 4.73. The van der Waals surface area contributed by atoms with Crippen molar-refractivity contribution in [3.8, 4) is 0 Å². The number of esters is 1. The van der Waals surface area contributed by atoms with E-state index in [2.05, 4.69) is 10.6 Å². The monoisotopic (exact) mass is 316 g/mol. The molecule has 108 valence electrons. The van der Waals surface area contributed by atoms with E-state index < -0.39 is 12.1 Å². The van der Waals surface area contributed by atoms with Gasteiger partial charge in [-0.25, -0.2) is 4.79 Å². The summed E-state index contributed by atoms with van der Waals surface area (Å²) >= 11 is 11.7. The van der Waals surface area contributed by atoms with Crippen molar-refractivity contribution >= 4 is 40.8 Å². The van der Waals surface area contributed by atoms with Gasteiger partial charge in [-0.05, 0) is 25.1 Å². The van der Waals surface area contributed by atoms with Gasteiger partial charge >= 0.3 is 5.97 Å². The molecule has 1 aliphatic rings. The van der Waals surface area contributed by atoms with Gasteiger partial charge in [-0.15, -0.1) is 0 Å². The molecule has 2 N–H and O–H groups in total. The molecule has 1 aliphatic heterocycles. The first-order chi connectivity index (χ1) is 9.47. The SMILES string of the molecule is C[C@H](Nc1ccc(Cl)c(Cl)c1)C(=O)NC1CCOC1=O. The summed E-state index contributed by atoms with van der Waals surface area (Å²) in [6.07, 6.45) is 0.504. The molecule has 1 amide bonds. The second-order valence-corrected chi connectivity index (χ2v) is 5.33. The van der Waals surface area contributed by atoms with Crippen molar-refractivity contribution < 1.29 is 14.3 Å². The number of rotatable bonds is 4. The minimum Gasteiger partial charge on any atom is -0.464 e. The van der Waals surface area contributed by atoms with E-state index in [4.69, 9.17) is 27.9 Å². The van der Waals surface area contributed by atoms with Crippen molar-refractivity contribution in [1.82, 2.24) is 5.32 Å². The third kappa shape index (κ3) is 3.55. The van der Waals surface area contributed by atoms with Crippen LogP contribution >= 0.6 is 23.2 Å². The minimum atomic E-state index is -0.555. The number of anilines is 1. The molecule has 5 nitrogen and oxygen atoms in total. The first kappa shape index (κ1) is 14.9. The fourth-order valence-corrected chi connectivity index (χ4v) is 2.12. The highest BCUT2D eigenvalue weighted by molar-refractivity contribution is 6.42. The number of carbonyl (C=O) groups is 2. The fraction of sp³-hybridized carbons (Fsp3) is 0.385. The third-order valence-corrected chi connectivity index (χ3v) is 3.69. The summed E-state index contributed by atoms with van der Waals surface area (Å²) in [7, 11) is 0. The van der Waals surface area contributed by atoms with Crippen LogP contribution in [0.15, 0.2) is 18.2 Å². The van der Waals surface area contributed by atoms with Crippen molar-refractivity contribution in [2.75, 3.05) is 11.9 Å². The Balaban J connectivity index is 1.93. The molecular weight excluding hydrogens is 303 g/mol. The lowest BCUT2D eigenvalue weighted by molar-refractivity contribution is -0.141. The Morgan fingerprint density at radius 1 is 1.40 bits per heavy atom. The molecular formula is C13H14Cl2N2O3. The standard InChI is InChI=1S/C13H14Cl2N2O3/c1-7(12(18)17-11-4-5-20-13(11)19)16-8-2-3-9(14)10(15)6-8/h2-3,6-7,11,16H,4-5H2,1H3,(H,17,18)/t7-,11?/m0/s1. The number of benzene rings is 1. The minimum absolute atomic E-state index is 0.278. The van der Waals surface area contributed by atoms with E-state index in [0.29, 0.717) is 28.8 Å². The number of hydrogen-bond donors (Lipinski definition) is 2. The van der Waals surface area contributed by atoms with E-state index in [9.17, 15) is 9.59 Å². The molecule has 1 aromatic carbocycles. The van der Waals surface area contributed by atoms with Crippen LogP contribution in [-0.4, -0.2) is 30.6 Å². The fourth-order valence-electron chi connectivity index (χ4n) is 1.83. The highest BCUT2D eigenvalue weighted by atomic mass is 35.5. The molecule has 1 heterocycles. The van der Waals surface area contributed by atoms with Gasteiger partial charge in [-0.2, -0.15) is 0 Å². The van der Waals surface area contributed by atoms with Crippen LogP contribution in [0.1, 0.15) is 13.3 Å². The zero-order valence-electron chi connectivity index (χ0n) is 10.8. The maximum Gasteiger partial charge on any atom is 0.328 e. The topological polar surface area (TPSA) is 67.4 Å². The highest BCUT2D eigenvalue weighted by Crippen LogP contribution is 2.25. The normalized spacial score (nSPS) is 19.4. The molecule has 20 heavy (non-hydrogen) atoms. The number of hydrogen-bond acceptors (Lipinski definition) is 4. The summed E-state index contributed by atoms with van der Waals surface area (Å²) in [6.45, 7) is 2.04. The number of amides is 1. The lowest BCUT2D eigenvalue weighted by Crippen LogP contribution is -2.45. The van der Waals surface area contributed by atoms with E-state index in [-0.39, 0.29) is 11.9 Å². The molecule has 1 aromatic rings. The van der Waals surface area contributed by atoms with E-state index in [1.54, 1.807) is 25.1 Å². The lowest BCUT2D eigenvalue weighted by atomic mass is 10.2. The van der Waals surface area contributed by atoms with Gasteiger partial charge in [0.25, 0.3) is 0 Å². The second kappa shape index (κ2) is 6.33. The van der Waals surface area contributed by atoms with Gasteiger partial charge in [-0.1, -0.05) is 23.2 Å². The van der Waals surface area contributed by atoms with E-state index >= 15 is 0 Å². The molecule has 0 saturated carbocycles. The number of cyclic esters (lactones) is 1. The van der Waals surface area contributed by atoms with Crippen LogP contribution in [0.5, 0.6) is 0 Å². The molecule has 0 aromatic heterocycles. The first-order valence-electron chi connectivity index (χ1n) is 6.16. The first-order valence-corrected chi connectivity index (χ1v) is 6.91. The molecule has 1 saturated heterocycles. The molecule has 0 bridgehead atoms. The quantitative estimate of drug-likeness (QED) is 0.836. The largest absolute Gasteiger partial charge is 0.464 e. The molecule has 7 heteroatoms. The summed E-state index contributed by atoms with van der Waals surface area (Å²) in [5, 5.41) is 6.48. The number of nitrogens with one attached hydrogen (secondary N) is 2. The third-order valence-electron chi connectivity index (χ3n) is 2.95. The van der Waals surface area contributed by atoms with E-state index in [1.165, 1.54) is 0 Å². The molecule has 0 aliphatic carbocycles. The van der Waals surface area contributed by atoms with E-state index in [1.807, 2.05) is 0 Å². The molecule has 2 rings (SSSR count). The summed E-state index contributed by atoms with van der Waals surface area (Å²) in [6, 6.07) is 3.94. The maximum atomic E-state index is 12.0. The lowest BCUT2D eigenvalue weighted by Gasteiger charge is -2.17. The Hall–Kier alpha value is -1.46. The Morgan fingerprint density at radius 2 is 2.15 bits per heavy atom. The average Bonchev–Trinajstić information content (AvgIpc) is 2.79. The number of carbonyl (C=O) groups excluding carboxylic acids is 2. The maximum absolute atomic E-state index is 12.0. The molecule has 0 radical (unpaired) electrons. The summed E-state index contributed by atoms with van der Waals surface area (Å²) < 4.78 is 4.79. The van der Waals surface area contributed by atoms with Crippen molar-refractivity contribution in [3.05, 3.63) is 28.2 Å². The van der Waals surface area contributed by atoms with Crippen molar-refractivity contribution in [3.63, 3.8) is 0 Å². The molecule has 0 spiro atoms. The number of halogens is 2. The van der Waals surface area contributed by atoms with Crippen LogP contribution in [0.25, 0.3) is 0 Å². The van der Waals surface area contributed by atoms with Crippen molar-refractivity contribution in [1.29, 1.82) is 0 Å². The molecule has 1 unspecified atom stereocenters. The predicted molar refractivity (Wildman–Crippen MR) is 77.1 cm³/mol. The van der Waals surface area contributed by atoms with Gasteiger partial charge in [0.15, 0.2) is 0 Å². The van der Waals surface area contributed by atoms with Gasteiger partial charge in [0.2, 0.25) is 5.91 Å². The second-order valence-electron chi connectivity index (χ2n) is 4.51. The summed E-state index contributed by atoms with van der Waals surface area (Å²) in [5.41, 5.74) is 0.677. The zero-order valence-corrected chi connectivity index (χ0v) is 12.3. The van der Waals surface area contributed by atoms with Gasteiger partial charge in [0, 0.05) is 12.1 Å². The van der Waals surface area contributed by atoms with Crippen molar-refractivity contribution in [2.24, 2.45) is 0 Å². The predicted octanol–water partition coefficient (Wildman–Crippen LogP) is 2.23. The average molecular weight is 317 g/mol. The number of ether oxygens (including phenoxy) is 1. The van der Waals surface area contributed by atoms with Crippen LogP contribution in [-0.2, 0) is 14.3 Å². The van der Waals surface area contributed by atoms with Gasteiger partial charge < -0.3 is 15.4 Å². The zero-order chi connectivity index (χ0) is 14.7. The van der Waals surface area contributed by atoms with Crippen LogP contribution in [0, 0.1) is 0 Å². The van der Waals surface area contributed by atoms with Crippen LogP contribution in [0.4, 0.5) is 5.69 Å². The van der Waals surface area contributed by atoms with Crippen LogP contribution in [0.2, 0.25) is 10.0 Å². The van der Waals surface area contributed by atoms with Gasteiger partial charge in [0.1, 0.15) is 12.1 Å². The summed E-state index contributed by atoms with van der Waals surface area (Å²) in [5.74, 6) is -0.667. The van der Waals surface area contributed by atoms with Gasteiger partial charge in [0.05, 0.1) is 16.7 Å². The Labute approximate surface area is 126 Å². The Bertz CT molecular complexity index is 536. The summed E-state index contributed by atoms with van der Waals surface area (Å²) in [4.78, 5) is 23.2. The van der Waals surface area contributed by atoms with Crippen LogP contribution in [0.3, 0.4) is 0 Å². The van der Waals surface area contributed by atoms with E-state index in [0.717, 1.165) is 0 Å². The Morgan fingerprint density at radius 3 is 2.75 bits per heavy atom.